The molecule has 3 nitrogen and oxygen atoms in total. The van der Waals surface area contributed by atoms with Gasteiger partial charge in [-0.3, -0.25) is 0 Å². The van der Waals surface area contributed by atoms with Crippen molar-refractivity contribution in [2.45, 2.75) is 0 Å². The molecular weight excluding hydrogens is 487 g/mol. The van der Waals surface area contributed by atoms with Gasteiger partial charge >= 0.3 is 0 Å². The molecule has 1 aromatic heterocycles. The van der Waals surface area contributed by atoms with Crippen LogP contribution in [0.1, 0.15) is 11.0 Å². The number of rotatable bonds is 2. The van der Waals surface area contributed by atoms with Crippen molar-refractivity contribution in [1.29, 1.82) is 0 Å². The van der Waals surface area contributed by atoms with Gasteiger partial charge in [-0.05, 0) is 58.8 Å². The summed E-state index contributed by atoms with van der Waals surface area (Å²) in [6.45, 7) is -0.169. The minimum absolute atomic E-state index is 0.0313. The van der Waals surface area contributed by atoms with Gasteiger partial charge in [0.1, 0.15) is 11.5 Å². The van der Waals surface area contributed by atoms with Gasteiger partial charge in [-0.15, -0.1) is 0 Å². The van der Waals surface area contributed by atoms with Crippen molar-refractivity contribution >= 4 is 62.0 Å². The van der Waals surface area contributed by atoms with E-state index in [4.69, 9.17) is 15.7 Å². The number of para-hydroxylation sites is 5. The Bertz CT molecular complexity index is 2480. The predicted molar refractivity (Wildman–Crippen MR) is 167 cm³/mol. The van der Waals surface area contributed by atoms with E-state index in [9.17, 15) is 0 Å². The Morgan fingerprint density at radius 3 is 2.00 bits per heavy atom. The van der Waals surface area contributed by atoms with Crippen LogP contribution in [0.2, 0.25) is 0 Å². The number of fused-ring (bicyclic) bond motifs is 7. The van der Waals surface area contributed by atoms with Crippen LogP contribution in [-0.4, -0.2) is 11.3 Å². The predicted octanol–water partition coefficient (Wildman–Crippen LogP) is 7.19. The molecule has 0 amide bonds. The molecule has 40 heavy (non-hydrogen) atoms. The Balaban J connectivity index is 1.47. The fraction of sp³-hybridized carbons (Fsp3) is 0. The van der Waals surface area contributed by atoms with Gasteiger partial charge in [0.15, 0.2) is 0 Å². The fourth-order valence-electron chi connectivity index (χ4n) is 6.29. The lowest BCUT2D eigenvalue weighted by atomic mass is 9.34. The molecule has 0 saturated heterocycles. The first-order valence-corrected chi connectivity index (χ1v) is 13.1. The van der Waals surface area contributed by atoms with Crippen molar-refractivity contribution in [3.63, 3.8) is 0 Å². The molecule has 186 valence electrons. The summed E-state index contributed by atoms with van der Waals surface area (Å²) in [4.78, 5) is 2.14. The lowest BCUT2D eigenvalue weighted by molar-refractivity contribution is 0.487. The number of anilines is 3. The van der Waals surface area contributed by atoms with Gasteiger partial charge in [0.2, 0.25) is 0 Å². The van der Waals surface area contributed by atoms with Gasteiger partial charge in [-0.25, -0.2) is 0 Å². The summed E-state index contributed by atoms with van der Waals surface area (Å²) in [5.74, 6) is 1.23. The van der Waals surface area contributed by atoms with E-state index < -0.39 is 24.2 Å². The van der Waals surface area contributed by atoms with Gasteiger partial charge in [-0.2, -0.15) is 0 Å². The van der Waals surface area contributed by atoms with Crippen LogP contribution in [0.15, 0.2) is 139 Å². The van der Waals surface area contributed by atoms with E-state index in [1.54, 1.807) is 10.6 Å². The SMILES string of the molecule is [2H]c1c([2H])c([2H])c2c(c1[2H])c1c([2H])c([2H])c([2H])c([2H])c1n2-c1cc2c3c(c1)N(c1ccccc1)c1ccccc1B3c1ccccc1O2. The van der Waals surface area contributed by atoms with E-state index in [1.807, 2.05) is 66.7 Å². The molecule has 0 spiro atoms. The molecule has 0 fully saturated rings. The number of hydrogen-bond acceptors (Lipinski definition) is 2. The number of ether oxygens (including phenoxy) is 1. The highest BCUT2D eigenvalue weighted by molar-refractivity contribution is 6.99. The summed E-state index contributed by atoms with van der Waals surface area (Å²) in [5.41, 5.74) is 6.22. The van der Waals surface area contributed by atoms with Crippen molar-refractivity contribution in [3.8, 4) is 17.2 Å². The third-order valence-electron chi connectivity index (χ3n) is 7.88. The average molecular weight is 518 g/mol. The second-order valence-corrected chi connectivity index (χ2v) is 9.96. The largest absolute Gasteiger partial charge is 0.458 e. The highest BCUT2D eigenvalue weighted by Gasteiger charge is 2.42. The summed E-state index contributed by atoms with van der Waals surface area (Å²) in [6, 6.07) is 26.4. The topological polar surface area (TPSA) is 17.4 Å². The van der Waals surface area contributed by atoms with E-state index in [0.29, 0.717) is 17.2 Å². The van der Waals surface area contributed by atoms with Crippen LogP contribution in [0.25, 0.3) is 27.5 Å². The summed E-state index contributed by atoms with van der Waals surface area (Å²) < 4.78 is 77.9. The van der Waals surface area contributed by atoms with Crippen LogP contribution in [0.5, 0.6) is 11.5 Å². The highest BCUT2D eigenvalue weighted by atomic mass is 16.5. The normalized spacial score (nSPS) is 15.9. The van der Waals surface area contributed by atoms with Crippen molar-refractivity contribution in [3.05, 3.63) is 139 Å². The highest BCUT2D eigenvalue weighted by Crippen LogP contribution is 2.43. The van der Waals surface area contributed by atoms with E-state index in [1.165, 1.54) is 0 Å². The molecule has 0 unspecified atom stereocenters. The maximum atomic E-state index is 9.02. The molecule has 0 atom stereocenters. The lowest BCUT2D eigenvalue weighted by Crippen LogP contribution is -2.59. The first kappa shape index (κ1) is 15.4. The van der Waals surface area contributed by atoms with E-state index in [0.717, 1.165) is 33.5 Å². The molecule has 0 bridgehead atoms. The molecule has 3 heterocycles. The van der Waals surface area contributed by atoms with Crippen LogP contribution in [0.4, 0.5) is 17.1 Å². The van der Waals surface area contributed by atoms with Crippen molar-refractivity contribution < 1.29 is 15.7 Å². The van der Waals surface area contributed by atoms with E-state index in [2.05, 4.69) is 23.1 Å². The van der Waals surface area contributed by atoms with E-state index >= 15 is 0 Å². The molecule has 6 aromatic carbocycles. The van der Waals surface area contributed by atoms with Crippen molar-refractivity contribution in [2.75, 3.05) is 4.90 Å². The summed E-state index contributed by atoms with van der Waals surface area (Å²) in [6.07, 6.45) is 0. The molecule has 2 aliphatic heterocycles. The Morgan fingerprint density at radius 1 is 0.575 bits per heavy atom. The van der Waals surface area contributed by atoms with Crippen molar-refractivity contribution in [1.82, 2.24) is 4.57 Å². The smallest absolute Gasteiger partial charge is 0.256 e. The number of nitrogens with zero attached hydrogens (tertiary/aromatic N) is 2. The van der Waals surface area contributed by atoms with Gasteiger partial charge < -0.3 is 14.2 Å². The van der Waals surface area contributed by atoms with Gasteiger partial charge in [0.25, 0.3) is 6.71 Å². The van der Waals surface area contributed by atoms with Crippen LogP contribution in [-0.2, 0) is 0 Å². The number of benzene rings is 6. The molecule has 0 radical (unpaired) electrons. The number of aromatic nitrogens is 1. The second kappa shape index (κ2) is 8.14. The zero-order valence-corrected chi connectivity index (χ0v) is 21.0. The van der Waals surface area contributed by atoms with Crippen LogP contribution in [0, 0.1) is 0 Å². The van der Waals surface area contributed by atoms with Gasteiger partial charge in [-0.1, -0.05) is 90.9 Å². The zero-order valence-electron chi connectivity index (χ0n) is 29.0. The minimum atomic E-state index is -0.478. The lowest BCUT2D eigenvalue weighted by Gasteiger charge is -2.40. The summed E-state index contributed by atoms with van der Waals surface area (Å²) in [5, 5.41) is 0.0625. The van der Waals surface area contributed by atoms with Gasteiger partial charge in [0, 0.05) is 33.9 Å². The Kier molecular flexibility index (Phi) is 3.13. The minimum Gasteiger partial charge on any atom is -0.458 e. The van der Waals surface area contributed by atoms with Crippen LogP contribution >= 0.6 is 0 Å². The molecule has 4 heteroatoms. The van der Waals surface area contributed by atoms with Gasteiger partial charge in [0.05, 0.1) is 27.7 Å². The Morgan fingerprint density at radius 2 is 1.23 bits per heavy atom. The summed E-state index contributed by atoms with van der Waals surface area (Å²) >= 11 is 0. The first-order chi connectivity index (χ1) is 23.2. The monoisotopic (exact) mass is 518 g/mol. The Hall–Kier alpha value is -5.22. The molecule has 0 aliphatic carbocycles. The molecule has 7 aromatic rings. The zero-order chi connectivity index (χ0) is 33.2. The third kappa shape index (κ3) is 2.90. The maximum absolute atomic E-state index is 9.02. The fourth-order valence-corrected chi connectivity index (χ4v) is 6.29. The molecule has 0 saturated carbocycles. The molecular formula is C36H23BN2O. The maximum Gasteiger partial charge on any atom is 0.256 e. The average Bonchev–Trinajstić information content (AvgIpc) is 3.48. The third-order valence-corrected chi connectivity index (χ3v) is 7.88. The van der Waals surface area contributed by atoms with Crippen molar-refractivity contribution in [2.24, 2.45) is 0 Å². The molecule has 2 aliphatic rings. The van der Waals surface area contributed by atoms with Crippen LogP contribution in [0.3, 0.4) is 0 Å². The quantitative estimate of drug-likeness (QED) is 0.226. The van der Waals surface area contributed by atoms with Crippen LogP contribution < -0.4 is 26.0 Å². The summed E-state index contributed by atoms with van der Waals surface area (Å²) in [7, 11) is 0. The Labute approximate surface area is 243 Å². The second-order valence-electron chi connectivity index (χ2n) is 9.96. The standard InChI is InChI=1S/C36H23BN2O/c1-2-12-24(13-3-1)38-32-20-10-6-16-28(32)37-29-17-7-11-21-34(29)40-35-23-25(22-33(38)36(35)37)39-30-18-8-4-14-26(30)27-15-5-9-19-31(27)39/h1-23H/i4D,5D,8D,9D,14D,15D,18D,19D. The molecule has 0 N–H and O–H groups in total. The molecule has 9 rings (SSSR count). The van der Waals surface area contributed by atoms with E-state index in [-0.39, 0.29) is 52.7 Å². The number of hydrogen-bond donors (Lipinski definition) is 0. The first-order valence-electron chi connectivity index (χ1n) is 17.1.